The van der Waals surface area contributed by atoms with Crippen LogP contribution in [-0.2, 0) is 0 Å². The average Bonchev–Trinajstić information content (AvgIpc) is 2.18. The third-order valence-electron chi connectivity index (χ3n) is 1.75. The van der Waals surface area contributed by atoms with Crippen molar-refractivity contribution in [3.05, 3.63) is 23.8 Å². The summed E-state index contributed by atoms with van der Waals surface area (Å²) in [7, 11) is 1.53. The zero-order valence-electron chi connectivity index (χ0n) is 8.65. The number of benzene rings is 1. The van der Waals surface area contributed by atoms with Crippen LogP contribution in [0.25, 0.3) is 0 Å². The van der Waals surface area contributed by atoms with Gasteiger partial charge in [0.15, 0.2) is 0 Å². The van der Waals surface area contributed by atoms with Crippen molar-refractivity contribution in [2.45, 2.75) is 6.92 Å². The van der Waals surface area contributed by atoms with Crippen molar-refractivity contribution in [1.82, 2.24) is 0 Å². The lowest BCUT2D eigenvalue weighted by atomic mass is 10.2. The van der Waals surface area contributed by atoms with Gasteiger partial charge in [-0.05, 0) is 25.1 Å². The first kappa shape index (κ1) is 13.6. The number of nitrogens with two attached hydrogens (primary N) is 1. The lowest BCUT2D eigenvalue weighted by Crippen LogP contribution is -2.13. The van der Waals surface area contributed by atoms with Crippen LogP contribution < -0.4 is 15.2 Å². The topological polar surface area (TPSA) is 61.6 Å². The van der Waals surface area contributed by atoms with Gasteiger partial charge in [-0.1, -0.05) is 0 Å². The Kier molecular flexibility index (Phi) is 5.56. The number of halogens is 1. The molecule has 4 nitrogen and oxygen atoms in total. The molecule has 0 aliphatic heterocycles. The van der Waals surface area contributed by atoms with E-state index in [0.717, 1.165) is 0 Å². The summed E-state index contributed by atoms with van der Waals surface area (Å²) in [6.07, 6.45) is 0. The molecule has 0 spiro atoms. The second kappa shape index (κ2) is 6.14. The summed E-state index contributed by atoms with van der Waals surface area (Å²) in [6, 6.07) is 4.95. The summed E-state index contributed by atoms with van der Waals surface area (Å²) in [6.45, 7) is 2.33. The predicted molar refractivity (Wildman–Crippen MR) is 59.9 cm³/mol. The van der Waals surface area contributed by atoms with Crippen molar-refractivity contribution < 1.29 is 14.3 Å². The molecule has 84 valence electrons. The number of ether oxygens (including phenoxy) is 2. The Morgan fingerprint density at radius 2 is 2.13 bits per heavy atom. The van der Waals surface area contributed by atoms with Gasteiger partial charge in [0.25, 0.3) is 5.91 Å². The summed E-state index contributed by atoms with van der Waals surface area (Å²) in [4.78, 5) is 11.1. The molecule has 0 aliphatic carbocycles. The van der Waals surface area contributed by atoms with Crippen LogP contribution in [0, 0.1) is 0 Å². The highest BCUT2D eigenvalue weighted by atomic mass is 35.5. The molecule has 1 amide bonds. The maximum absolute atomic E-state index is 11.1. The van der Waals surface area contributed by atoms with E-state index in [2.05, 4.69) is 0 Å². The van der Waals surface area contributed by atoms with Crippen LogP contribution in [0.3, 0.4) is 0 Å². The number of rotatable bonds is 4. The van der Waals surface area contributed by atoms with Gasteiger partial charge in [0.05, 0.1) is 19.3 Å². The molecule has 0 heterocycles. The van der Waals surface area contributed by atoms with Crippen molar-refractivity contribution >= 4 is 18.3 Å². The average molecular weight is 232 g/mol. The number of methoxy groups -OCH3 is 1. The molecule has 1 aromatic carbocycles. The van der Waals surface area contributed by atoms with Crippen molar-refractivity contribution in [2.75, 3.05) is 13.7 Å². The van der Waals surface area contributed by atoms with Gasteiger partial charge in [-0.3, -0.25) is 4.79 Å². The fourth-order valence-electron chi connectivity index (χ4n) is 1.11. The van der Waals surface area contributed by atoms with E-state index in [4.69, 9.17) is 15.2 Å². The van der Waals surface area contributed by atoms with Crippen LogP contribution in [0.15, 0.2) is 18.2 Å². The minimum Gasteiger partial charge on any atom is -0.497 e. The number of carbonyl (C=O) groups excluding carboxylic acids is 1. The van der Waals surface area contributed by atoms with Crippen molar-refractivity contribution in [2.24, 2.45) is 5.73 Å². The SMILES string of the molecule is CCOc1ccc(OC)cc1C(N)=O.Cl. The third kappa shape index (κ3) is 3.32. The monoisotopic (exact) mass is 231 g/mol. The molecule has 0 bridgehead atoms. The van der Waals surface area contributed by atoms with Gasteiger partial charge in [-0.25, -0.2) is 0 Å². The minimum atomic E-state index is -0.521. The van der Waals surface area contributed by atoms with Crippen molar-refractivity contribution in [3.63, 3.8) is 0 Å². The van der Waals surface area contributed by atoms with Crippen molar-refractivity contribution in [3.8, 4) is 11.5 Å². The van der Waals surface area contributed by atoms with Crippen LogP contribution >= 0.6 is 12.4 Å². The highest BCUT2D eigenvalue weighted by molar-refractivity contribution is 5.96. The summed E-state index contributed by atoms with van der Waals surface area (Å²) in [5.41, 5.74) is 5.53. The highest BCUT2D eigenvalue weighted by Crippen LogP contribution is 2.23. The molecule has 0 aliphatic rings. The second-order valence-corrected chi connectivity index (χ2v) is 2.66. The second-order valence-electron chi connectivity index (χ2n) is 2.66. The van der Waals surface area contributed by atoms with E-state index in [1.165, 1.54) is 7.11 Å². The van der Waals surface area contributed by atoms with Gasteiger partial charge in [0.1, 0.15) is 11.5 Å². The smallest absolute Gasteiger partial charge is 0.252 e. The van der Waals surface area contributed by atoms with E-state index < -0.39 is 5.91 Å². The van der Waals surface area contributed by atoms with E-state index >= 15 is 0 Å². The number of amides is 1. The van der Waals surface area contributed by atoms with Gasteiger partial charge in [-0.15, -0.1) is 12.4 Å². The fraction of sp³-hybridized carbons (Fsp3) is 0.300. The van der Waals surface area contributed by atoms with E-state index in [0.29, 0.717) is 23.7 Å². The highest BCUT2D eigenvalue weighted by Gasteiger charge is 2.10. The fourth-order valence-corrected chi connectivity index (χ4v) is 1.11. The Morgan fingerprint density at radius 3 is 2.60 bits per heavy atom. The van der Waals surface area contributed by atoms with E-state index in [9.17, 15) is 4.79 Å². The molecular formula is C10H14ClNO3. The first-order chi connectivity index (χ1) is 6.69. The van der Waals surface area contributed by atoms with Crippen molar-refractivity contribution in [1.29, 1.82) is 0 Å². The van der Waals surface area contributed by atoms with Crippen LogP contribution in [-0.4, -0.2) is 19.6 Å². The van der Waals surface area contributed by atoms with Gasteiger partial charge < -0.3 is 15.2 Å². The Morgan fingerprint density at radius 1 is 1.47 bits per heavy atom. The van der Waals surface area contributed by atoms with Crippen LogP contribution in [0.1, 0.15) is 17.3 Å². The largest absolute Gasteiger partial charge is 0.497 e. The minimum absolute atomic E-state index is 0. The van der Waals surface area contributed by atoms with E-state index in [-0.39, 0.29) is 12.4 Å². The molecule has 0 atom stereocenters. The Balaban J connectivity index is 0.00000196. The molecule has 0 saturated carbocycles. The number of carbonyl (C=O) groups is 1. The molecule has 0 radical (unpaired) electrons. The molecule has 0 aromatic heterocycles. The van der Waals surface area contributed by atoms with Gasteiger partial charge in [0, 0.05) is 0 Å². The van der Waals surface area contributed by atoms with Gasteiger partial charge in [-0.2, -0.15) is 0 Å². The lowest BCUT2D eigenvalue weighted by molar-refractivity contribution is 0.0996. The maximum atomic E-state index is 11.1. The number of primary amides is 1. The molecule has 1 aromatic rings. The standard InChI is InChI=1S/C10H13NO3.ClH/c1-3-14-9-5-4-7(13-2)6-8(9)10(11)12;/h4-6H,3H2,1-2H3,(H2,11,12);1H. The maximum Gasteiger partial charge on any atom is 0.252 e. The number of hydrogen-bond donors (Lipinski definition) is 1. The summed E-state index contributed by atoms with van der Waals surface area (Å²) in [5.74, 6) is 0.551. The zero-order chi connectivity index (χ0) is 10.6. The zero-order valence-corrected chi connectivity index (χ0v) is 9.47. The quantitative estimate of drug-likeness (QED) is 0.857. The summed E-state index contributed by atoms with van der Waals surface area (Å²) in [5, 5.41) is 0. The first-order valence-electron chi connectivity index (χ1n) is 4.29. The third-order valence-corrected chi connectivity index (χ3v) is 1.75. The van der Waals surface area contributed by atoms with E-state index in [1.54, 1.807) is 18.2 Å². The normalized spacial score (nSPS) is 8.93. The summed E-state index contributed by atoms with van der Waals surface area (Å²) >= 11 is 0. The molecule has 0 saturated heterocycles. The molecule has 0 fully saturated rings. The lowest BCUT2D eigenvalue weighted by Gasteiger charge is -2.08. The number of hydrogen-bond acceptors (Lipinski definition) is 3. The van der Waals surface area contributed by atoms with Gasteiger partial charge >= 0.3 is 0 Å². The van der Waals surface area contributed by atoms with Crippen LogP contribution in [0.4, 0.5) is 0 Å². The molecule has 15 heavy (non-hydrogen) atoms. The Hall–Kier alpha value is -1.42. The predicted octanol–water partition coefficient (Wildman–Crippen LogP) is 1.61. The summed E-state index contributed by atoms with van der Waals surface area (Å²) < 4.78 is 10.2. The molecule has 0 unspecified atom stereocenters. The van der Waals surface area contributed by atoms with E-state index in [1.807, 2.05) is 6.92 Å². The van der Waals surface area contributed by atoms with Crippen LogP contribution in [0.5, 0.6) is 11.5 Å². The first-order valence-corrected chi connectivity index (χ1v) is 4.29. The Labute approximate surface area is 94.8 Å². The van der Waals surface area contributed by atoms with Crippen LogP contribution in [0.2, 0.25) is 0 Å². The van der Waals surface area contributed by atoms with Gasteiger partial charge in [0.2, 0.25) is 0 Å². The molecule has 2 N–H and O–H groups in total. The molecular weight excluding hydrogens is 218 g/mol. The Bertz CT molecular complexity index is 341. The molecule has 5 heteroatoms. The molecule has 1 rings (SSSR count).